The molecule has 0 fully saturated rings. The highest BCUT2D eigenvalue weighted by molar-refractivity contribution is 5.93. The Morgan fingerprint density at radius 3 is 2.65 bits per heavy atom. The van der Waals surface area contributed by atoms with Crippen molar-refractivity contribution in [1.82, 2.24) is 25.6 Å². The molecule has 1 heterocycles. The number of fused-ring (bicyclic) bond motifs is 1. The minimum Gasteiger partial charge on any atom is -0.369 e. The fourth-order valence-electron chi connectivity index (χ4n) is 4.72. The van der Waals surface area contributed by atoms with Crippen molar-refractivity contribution in [2.75, 3.05) is 0 Å². The first-order valence-corrected chi connectivity index (χ1v) is 12.9. The minimum atomic E-state index is -0.471. The zero-order chi connectivity index (χ0) is 26.4. The minimum absolute atomic E-state index is 0.0183. The first-order chi connectivity index (χ1) is 17.9. The Morgan fingerprint density at radius 2 is 1.92 bits per heavy atom. The van der Waals surface area contributed by atoms with Crippen molar-refractivity contribution in [2.24, 2.45) is 5.73 Å². The van der Waals surface area contributed by atoms with E-state index in [4.69, 9.17) is 10.5 Å². The summed E-state index contributed by atoms with van der Waals surface area (Å²) in [5.74, 6) is -0.398. The number of rotatable bonds is 10. The number of hydrogen-bond acceptors (Lipinski definition) is 6. The molecular weight excluding hydrogens is 468 g/mol. The van der Waals surface area contributed by atoms with Crippen LogP contribution in [0, 0.1) is 0 Å². The molecule has 0 aliphatic heterocycles. The summed E-state index contributed by atoms with van der Waals surface area (Å²) in [6.45, 7) is 6.39. The molecule has 0 saturated carbocycles. The smallest absolute Gasteiger partial charge is 0.247 e. The van der Waals surface area contributed by atoms with Gasteiger partial charge in [0.2, 0.25) is 11.8 Å². The summed E-state index contributed by atoms with van der Waals surface area (Å²) in [5, 5.41) is 16.6. The van der Waals surface area contributed by atoms with E-state index in [2.05, 4.69) is 65.1 Å². The molecule has 37 heavy (non-hydrogen) atoms. The van der Waals surface area contributed by atoms with Crippen LogP contribution in [-0.4, -0.2) is 51.1 Å². The standard InChI is InChI=1S/C28H36N6O3/c1-4-24(5-2)37-26-14-22(13-25(29)27(26)31-18(3)35)28(36)30-15-23-17-34(33-32-23)16-19-10-11-20-8-6-7-9-21(20)12-19/h6-12,14,17,24-27H,4-5,13,15-16,29H2,1-3H3,(H,30,36)(H,31,35)/t25-,26+,27+/m0/s1. The summed E-state index contributed by atoms with van der Waals surface area (Å²) < 4.78 is 7.99. The maximum atomic E-state index is 13.0. The van der Waals surface area contributed by atoms with Gasteiger partial charge in [-0.2, -0.15) is 0 Å². The maximum Gasteiger partial charge on any atom is 0.247 e. The van der Waals surface area contributed by atoms with E-state index in [-0.39, 0.29) is 30.5 Å². The molecule has 0 saturated heterocycles. The van der Waals surface area contributed by atoms with E-state index in [1.807, 2.05) is 18.3 Å². The number of amides is 2. The Labute approximate surface area is 217 Å². The van der Waals surface area contributed by atoms with Crippen LogP contribution >= 0.6 is 0 Å². The number of ether oxygens (including phenoxy) is 1. The van der Waals surface area contributed by atoms with Gasteiger partial charge in [0.05, 0.1) is 37.5 Å². The van der Waals surface area contributed by atoms with Gasteiger partial charge in [-0.05, 0) is 47.7 Å². The summed E-state index contributed by atoms with van der Waals surface area (Å²) >= 11 is 0. The maximum absolute atomic E-state index is 13.0. The number of benzene rings is 2. The summed E-state index contributed by atoms with van der Waals surface area (Å²) in [7, 11) is 0. The van der Waals surface area contributed by atoms with Crippen LogP contribution in [0.25, 0.3) is 10.8 Å². The monoisotopic (exact) mass is 504 g/mol. The van der Waals surface area contributed by atoms with Gasteiger partial charge in [0.15, 0.2) is 0 Å². The Bertz CT molecular complexity index is 1270. The SMILES string of the molecule is CCC(CC)O[C@@H]1C=C(C(=O)NCc2cn(Cc3ccc4ccccc4c3)nn2)C[C@H](N)[C@H]1NC(C)=O. The van der Waals surface area contributed by atoms with Crippen LogP contribution < -0.4 is 16.4 Å². The predicted molar refractivity (Wildman–Crippen MR) is 142 cm³/mol. The topological polar surface area (TPSA) is 124 Å². The highest BCUT2D eigenvalue weighted by atomic mass is 16.5. The van der Waals surface area contributed by atoms with Gasteiger partial charge in [0.1, 0.15) is 5.69 Å². The molecule has 0 radical (unpaired) electrons. The van der Waals surface area contributed by atoms with Crippen molar-refractivity contribution < 1.29 is 14.3 Å². The highest BCUT2D eigenvalue weighted by Crippen LogP contribution is 2.23. The average molecular weight is 505 g/mol. The van der Waals surface area contributed by atoms with E-state index in [0.717, 1.165) is 18.4 Å². The lowest BCUT2D eigenvalue weighted by atomic mass is 9.87. The molecule has 2 amide bonds. The van der Waals surface area contributed by atoms with Crippen molar-refractivity contribution in [3.63, 3.8) is 0 Å². The Kier molecular flexibility index (Phi) is 8.68. The van der Waals surface area contributed by atoms with Crippen molar-refractivity contribution in [2.45, 2.75) is 77.4 Å². The highest BCUT2D eigenvalue weighted by Gasteiger charge is 2.35. The van der Waals surface area contributed by atoms with Gasteiger partial charge in [0, 0.05) is 18.5 Å². The molecule has 3 aromatic rings. The fourth-order valence-corrected chi connectivity index (χ4v) is 4.72. The molecule has 9 nitrogen and oxygen atoms in total. The van der Waals surface area contributed by atoms with Gasteiger partial charge in [-0.1, -0.05) is 55.5 Å². The van der Waals surface area contributed by atoms with Crippen molar-refractivity contribution in [1.29, 1.82) is 0 Å². The van der Waals surface area contributed by atoms with Crippen molar-refractivity contribution in [3.8, 4) is 0 Å². The van der Waals surface area contributed by atoms with E-state index >= 15 is 0 Å². The van der Waals surface area contributed by atoms with Crippen LogP contribution in [0.2, 0.25) is 0 Å². The molecule has 1 aliphatic carbocycles. The van der Waals surface area contributed by atoms with E-state index in [1.54, 1.807) is 10.8 Å². The lowest BCUT2D eigenvalue weighted by Gasteiger charge is -2.36. The Morgan fingerprint density at radius 1 is 1.16 bits per heavy atom. The molecule has 3 atom stereocenters. The van der Waals surface area contributed by atoms with E-state index < -0.39 is 12.1 Å². The van der Waals surface area contributed by atoms with E-state index in [9.17, 15) is 9.59 Å². The van der Waals surface area contributed by atoms with Crippen molar-refractivity contribution >= 4 is 22.6 Å². The molecule has 0 unspecified atom stereocenters. The third-order valence-corrected chi connectivity index (χ3v) is 6.73. The zero-order valence-corrected chi connectivity index (χ0v) is 21.7. The van der Waals surface area contributed by atoms with Crippen LogP contribution in [0.15, 0.2) is 60.3 Å². The van der Waals surface area contributed by atoms with Gasteiger partial charge >= 0.3 is 0 Å². The number of nitrogens with two attached hydrogens (primary N) is 1. The first kappa shape index (κ1) is 26.5. The van der Waals surface area contributed by atoms with Gasteiger partial charge in [0.25, 0.3) is 0 Å². The molecule has 4 N–H and O–H groups in total. The van der Waals surface area contributed by atoms with Crippen LogP contribution in [-0.2, 0) is 27.4 Å². The first-order valence-electron chi connectivity index (χ1n) is 12.9. The van der Waals surface area contributed by atoms with Crippen molar-refractivity contribution in [3.05, 3.63) is 71.6 Å². The lowest BCUT2D eigenvalue weighted by Crippen LogP contribution is -2.57. The molecule has 9 heteroatoms. The number of carbonyl (C=O) groups is 2. The lowest BCUT2D eigenvalue weighted by molar-refractivity contribution is -0.121. The van der Waals surface area contributed by atoms with E-state index in [0.29, 0.717) is 24.2 Å². The molecule has 1 aliphatic rings. The molecule has 196 valence electrons. The average Bonchev–Trinajstić information content (AvgIpc) is 3.34. The molecule has 1 aromatic heterocycles. The fraction of sp³-hybridized carbons (Fsp3) is 0.429. The largest absolute Gasteiger partial charge is 0.369 e. The second-order valence-corrected chi connectivity index (χ2v) is 9.60. The number of hydrogen-bond donors (Lipinski definition) is 3. The summed E-state index contributed by atoms with van der Waals surface area (Å²) in [4.78, 5) is 24.7. The summed E-state index contributed by atoms with van der Waals surface area (Å²) in [6.07, 6.45) is 5.19. The zero-order valence-electron chi connectivity index (χ0n) is 21.7. The third kappa shape index (κ3) is 6.81. The van der Waals surface area contributed by atoms with Crippen LogP contribution in [0.1, 0.15) is 51.3 Å². The molecule has 2 aromatic carbocycles. The number of carbonyl (C=O) groups excluding carboxylic acids is 2. The molecule has 0 bridgehead atoms. The molecule has 0 spiro atoms. The normalized spacial score (nSPS) is 19.6. The number of aromatic nitrogens is 3. The van der Waals surface area contributed by atoms with Gasteiger partial charge in [-0.3, -0.25) is 9.59 Å². The third-order valence-electron chi connectivity index (χ3n) is 6.73. The molecular formula is C28H36N6O3. The van der Waals surface area contributed by atoms with Crippen LogP contribution in [0.3, 0.4) is 0 Å². The quantitative estimate of drug-likeness (QED) is 0.390. The Balaban J connectivity index is 1.39. The Hall–Kier alpha value is -3.56. The number of nitrogens with zero attached hydrogens (tertiary/aromatic N) is 3. The summed E-state index contributed by atoms with van der Waals surface area (Å²) in [6, 6.07) is 13.7. The summed E-state index contributed by atoms with van der Waals surface area (Å²) in [5.41, 5.74) is 8.72. The van der Waals surface area contributed by atoms with Gasteiger partial charge in [-0.25, -0.2) is 4.68 Å². The second kappa shape index (κ2) is 12.1. The second-order valence-electron chi connectivity index (χ2n) is 9.60. The van der Waals surface area contributed by atoms with Gasteiger partial charge in [-0.15, -0.1) is 5.10 Å². The number of nitrogens with one attached hydrogen (secondary N) is 2. The molecule has 4 rings (SSSR count). The predicted octanol–water partition coefficient (Wildman–Crippen LogP) is 2.83. The van der Waals surface area contributed by atoms with Crippen LogP contribution in [0.4, 0.5) is 0 Å². The van der Waals surface area contributed by atoms with E-state index in [1.165, 1.54) is 17.7 Å². The van der Waals surface area contributed by atoms with Gasteiger partial charge < -0.3 is 21.1 Å². The van der Waals surface area contributed by atoms with Crippen LogP contribution in [0.5, 0.6) is 0 Å².